The van der Waals surface area contributed by atoms with Gasteiger partial charge in [-0.25, -0.2) is 13.2 Å². The van der Waals surface area contributed by atoms with Gasteiger partial charge in [-0.3, -0.25) is 4.79 Å². The second-order valence-electron chi connectivity index (χ2n) is 5.51. The molecule has 1 aliphatic heterocycles. The second-order valence-corrected chi connectivity index (χ2v) is 7.74. The highest BCUT2D eigenvalue weighted by Crippen LogP contribution is 2.20. The molecule has 0 radical (unpaired) electrons. The van der Waals surface area contributed by atoms with Crippen LogP contribution in [0.15, 0.2) is 18.2 Å². The number of benzene rings is 1. The summed E-state index contributed by atoms with van der Waals surface area (Å²) in [5.74, 6) is -0.705. The van der Waals surface area contributed by atoms with Crippen LogP contribution in [0.4, 0.5) is 5.69 Å². The number of hydrogen-bond donors (Lipinski definition) is 2. The summed E-state index contributed by atoms with van der Waals surface area (Å²) in [5.41, 5.74) is 1.63. The molecule has 0 bridgehead atoms. The zero-order chi connectivity index (χ0) is 17.0. The smallest absolute Gasteiger partial charge is 0.340 e. The summed E-state index contributed by atoms with van der Waals surface area (Å²) in [6, 6.07) is 4.89. The van der Waals surface area contributed by atoms with E-state index in [4.69, 9.17) is 4.74 Å². The Kier molecular flexibility index (Phi) is 5.25. The van der Waals surface area contributed by atoms with Gasteiger partial charge >= 0.3 is 5.97 Å². The quantitative estimate of drug-likeness (QED) is 0.757. The normalized spacial score (nSPS) is 19.1. The lowest BCUT2D eigenvalue weighted by Gasteiger charge is -2.14. The van der Waals surface area contributed by atoms with Gasteiger partial charge in [-0.1, -0.05) is 12.1 Å². The third kappa shape index (κ3) is 4.44. The van der Waals surface area contributed by atoms with Crippen LogP contribution < -0.4 is 10.6 Å². The summed E-state index contributed by atoms with van der Waals surface area (Å²) < 4.78 is 27.5. The fourth-order valence-electron chi connectivity index (χ4n) is 2.55. The van der Waals surface area contributed by atoms with E-state index in [1.807, 2.05) is 0 Å². The van der Waals surface area contributed by atoms with Crippen LogP contribution >= 0.6 is 0 Å². The number of carbonyl (C=O) groups is 2. The van der Waals surface area contributed by atoms with E-state index >= 15 is 0 Å². The van der Waals surface area contributed by atoms with Crippen molar-refractivity contribution < 1.29 is 22.7 Å². The first-order valence-corrected chi connectivity index (χ1v) is 9.06. The standard InChI is InChI=1S/C15H20N2O5S/c1-10-4-3-5-12(14(10)15(19)22-2)16-8-13(18)17-11-6-7-23(20,21)9-11/h3-5,11,16H,6-9H2,1-2H3,(H,17,18)/t11-/m0/s1. The van der Waals surface area contributed by atoms with Crippen molar-refractivity contribution in [2.24, 2.45) is 0 Å². The molecule has 1 fully saturated rings. The predicted molar refractivity (Wildman–Crippen MR) is 86.2 cm³/mol. The maximum absolute atomic E-state index is 11.9. The van der Waals surface area contributed by atoms with Crippen LogP contribution in [-0.2, 0) is 19.4 Å². The minimum absolute atomic E-state index is 0.0173. The molecule has 1 saturated heterocycles. The molecular weight excluding hydrogens is 320 g/mol. The van der Waals surface area contributed by atoms with Gasteiger partial charge < -0.3 is 15.4 Å². The Morgan fingerprint density at radius 1 is 1.35 bits per heavy atom. The lowest BCUT2D eigenvalue weighted by Crippen LogP contribution is -2.39. The number of hydrogen-bond acceptors (Lipinski definition) is 6. The van der Waals surface area contributed by atoms with E-state index in [-0.39, 0.29) is 30.0 Å². The number of esters is 1. The lowest BCUT2D eigenvalue weighted by molar-refractivity contribution is -0.119. The van der Waals surface area contributed by atoms with Crippen LogP contribution in [0.25, 0.3) is 0 Å². The number of amides is 1. The Morgan fingerprint density at radius 2 is 2.09 bits per heavy atom. The van der Waals surface area contributed by atoms with Crippen molar-refractivity contribution in [3.8, 4) is 0 Å². The van der Waals surface area contributed by atoms with E-state index < -0.39 is 15.8 Å². The Bertz CT molecular complexity index is 715. The van der Waals surface area contributed by atoms with Crippen molar-refractivity contribution >= 4 is 27.4 Å². The fraction of sp³-hybridized carbons (Fsp3) is 0.467. The summed E-state index contributed by atoms with van der Waals surface area (Å²) in [5, 5.41) is 5.59. The fourth-order valence-corrected chi connectivity index (χ4v) is 4.22. The van der Waals surface area contributed by atoms with Crippen molar-refractivity contribution in [3.05, 3.63) is 29.3 Å². The number of aryl methyl sites for hydroxylation is 1. The largest absolute Gasteiger partial charge is 0.465 e. The summed E-state index contributed by atoms with van der Waals surface area (Å²) in [4.78, 5) is 23.8. The molecule has 2 rings (SSSR count). The zero-order valence-corrected chi connectivity index (χ0v) is 13.9. The molecule has 0 aliphatic carbocycles. The van der Waals surface area contributed by atoms with E-state index in [9.17, 15) is 18.0 Å². The maximum Gasteiger partial charge on any atom is 0.340 e. The summed E-state index contributed by atoms with van der Waals surface area (Å²) >= 11 is 0. The SMILES string of the molecule is COC(=O)c1c(C)cccc1NCC(=O)N[C@H]1CCS(=O)(=O)C1. The molecule has 126 valence electrons. The first-order chi connectivity index (χ1) is 10.8. The number of anilines is 1. The third-order valence-electron chi connectivity index (χ3n) is 3.70. The average molecular weight is 340 g/mol. The lowest BCUT2D eigenvalue weighted by atomic mass is 10.1. The predicted octanol–water partition coefficient (Wildman–Crippen LogP) is 0.497. The molecule has 1 heterocycles. The molecule has 1 amide bonds. The number of methoxy groups -OCH3 is 1. The number of rotatable bonds is 5. The van der Waals surface area contributed by atoms with E-state index in [1.54, 1.807) is 25.1 Å². The van der Waals surface area contributed by atoms with Gasteiger partial charge in [0.25, 0.3) is 0 Å². The van der Waals surface area contributed by atoms with Gasteiger partial charge in [0.05, 0.1) is 30.7 Å². The minimum atomic E-state index is -3.03. The molecule has 1 aromatic carbocycles. The van der Waals surface area contributed by atoms with E-state index in [0.29, 0.717) is 17.7 Å². The highest BCUT2D eigenvalue weighted by Gasteiger charge is 2.28. The molecule has 1 atom stereocenters. The minimum Gasteiger partial charge on any atom is -0.465 e. The Morgan fingerprint density at radius 3 is 2.70 bits per heavy atom. The Hall–Kier alpha value is -2.09. The maximum atomic E-state index is 11.9. The average Bonchev–Trinajstić information content (AvgIpc) is 2.83. The molecule has 1 aliphatic rings. The monoisotopic (exact) mass is 340 g/mol. The molecule has 0 saturated carbocycles. The summed E-state index contributed by atoms with van der Waals surface area (Å²) in [6.07, 6.45) is 0.436. The first-order valence-electron chi connectivity index (χ1n) is 7.24. The van der Waals surface area contributed by atoms with Crippen molar-refractivity contribution in [1.82, 2.24) is 5.32 Å². The second kappa shape index (κ2) is 6.99. The molecule has 7 nitrogen and oxygen atoms in total. The Balaban J connectivity index is 1.97. The number of ether oxygens (including phenoxy) is 1. The molecule has 23 heavy (non-hydrogen) atoms. The molecular formula is C15H20N2O5S. The third-order valence-corrected chi connectivity index (χ3v) is 5.47. The van der Waals surface area contributed by atoms with Crippen LogP contribution in [0.5, 0.6) is 0 Å². The first kappa shape index (κ1) is 17.3. The van der Waals surface area contributed by atoms with Crippen LogP contribution in [0.2, 0.25) is 0 Å². The topological polar surface area (TPSA) is 102 Å². The van der Waals surface area contributed by atoms with Gasteiger partial charge in [0.2, 0.25) is 5.91 Å². The van der Waals surface area contributed by atoms with Gasteiger partial charge in [0.1, 0.15) is 0 Å². The van der Waals surface area contributed by atoms with E-state index in [0.717, 1.165) is 5.56 Å². The van der Waals surface area contributed by atoms with Crippen LogP contribution in [0.3, 0.4) is 0 Å². The zero-order valence-electron chi connectivity index (χ0n) is 13.1. The van der Waals surface area contributed by atoms with Crippen LogP contribution in [-0.4, -0.2) is 51.5 Å². The molecule has 8 heteroatoms. The number of nitrogens with one attached hydrogen (secondary N) is 2. The van der Waals surface area contributed by atoms with Gasteiger partial charge in [0, 0.05) is 11.7 Å². The highest BCUT2D eigenvalue weighted by molar-refractivity contribution is 7.91. The van der Waals surface area contributed by atoms with Gasteiger partial charge in [-0.15, -0.1) is 0 Å². The van der Waals surface area contributed by atoms with Crippen molar-refractivity contribution in [1.29, 1.82) is 0 Å². The summed E-state index contributed by atoms with van der Waals surface area (Å²) in [7, 11) is -1.73. The molecule has 0 unspecified atom stereocenters. The van der Waals surface area contributed by atoms with Crippen LogP contribution in [0, 0.1) is 6.92 Å². The van der Waals surface area contributed by atoms with Gasteiger partial charge in [-0.2, -0.15) is 0 Å². The van der Waals surface area contributed by atoms with E-state index in [1.165, 1.54) is 7.11 Å². The number of sulfone groups is 1. The van der Waals surface area contributed by atoms with Crippen molar-refractivity contribution in [3.63, 3.8) is 0 Å². The van der Waals surface area contributed by atoms with Crippen LogP contribution in [0.1, 0.15) is 22.3 Å². The van der Waals surface area contributed by atoms with E-state index in [2.05, 4.69) is 10.6 Å². The number of carbonyl (C=O) groups excluding carboxylic acids is 2. The van der Waals surface area contributed by atoms with Gasteiger partial charge in [0.15, 0.2) is 9.84 Å². The summed E-state index contributed by atoms with van der Waals surface area (Å²) in [6.45, 7) is 1.73. The molecule has 0 aromatic heterocycles. The molecule has 1 aromatic rings. The molecule has 0 spiro atoms. The Labute approximate surface area is 135 Å². The van der Waals surface area contributed by atoms with Crippen molar-refractivity contribution in [2.75, 3.05) is 30.5 Å². The van der Waals surface area contributed by atoms with Crippen molar-refractivity contribution in [2.45, 2.75) is 19.4 Å². The molecule has 2 N–H and O–H groups in total. The highest BCUT2D eigenvalue weighted by atomic mass is 32.2. The van der Waals surface area contributed by atoms with Gasteiger partial charge in [-0.05, 0) is 25.0 Å².